The van der Waals surface area contributed by atoms with Gasteiger partial charge in [-0.25, -0.2) is 13.1 Å². The van der Waals surface area contributed by atoms with E-state index in [9.17, 15) is 20.7 Å². The number of halogens is 1. The van der Waals surface area contributed by atoms with Gasteiger partial charge in [0.25, 0.3) is 0 Å². The maximum Gasteiger partial charge on any atom is 0.332 e. The molecule has 1 aromatic carbocycles. The monoisotopic (exact) mass is 335 g/mol. The van der Waals surface area contributed by atoms with Crippen LogP contribution in [0.4, 0.5) is 3.89 Å². The first kappa shape index (κ1) is 16.4. The average Bonchev–Trinajstić information content (AvgIpc) is 2.67. The van der Waals surface area contributed by atoms with Crippen LogP contribution in [0.2, 0.25) is 0 Å². The normalized spacial score (nSPS) is 22.3. The standard InChI is InChI=1S/C13H18FNO4S2/c1-13(2)8-4-7-12(13)15-21(18,19)11-6-3-5-10(9-11)20(14,16)17/h3,5-6,9,12,15H,4,7-8H2,1-2H3. The molecule has 0 aromatic heterocycles. The van der Waals surface area contributed by atoms with Crippen molar-refractivity contribution in [1.29, 1.82) is 0 Å². The van der Waals surface area contributed by atoms with E-state index in [-0.39, 0.29) is 16.4 Å². The third-order valence-corrected chi connectivity index (χ3v) is 6.24. The number of hydrogen-bond donors (Lipinski definition) is 1. The Hall–Kier alpha value is -0.990. The minimum absolute atomic E-state index is 0.156. The quantitative estimate of drug-likeness (QED) is 0.856. The van der Waals surface area contributed by atoms with Gasteiger partial charge in [0.2, 0.25) is 10.0 Å². The summed E-state index contributed by atoms with van der Waals surface area (Å²) in [6, 6.07) is 4.10. The van der Waals surface area contributed by atoms with Crippen molar-refractivity contribution >= 4 is 20.2 Å². The van der Waals surface area contributed by atoms with Crippen LogP contribution in [0, 0.1) is 5.41 Å². The Kier molecular flexibility index (Phi) is 4.16. The van der Waals surface area contributed by atoms with Gasteiger partial charge in [0.1, 0.15) is 0 Å². The molecule has 1 N–H and O–H groups in total. The highest BCUT2D eigenvalue weighted by Crippen LogP contribution is 2.38. The number of rotatable bonds is 4. The van der Waals surface area contributed by atoms with Crippen molar-refractivity contribution in [3.8, 4) is 0 Å². The molecular weight excluding hydrogens is 317 g/mol. The molecule has 1 aliphatic rings. The number of benzene rings is 1. The fraction of sp³-hybridized carbons (Fsp3) is 0.538. The van der Waals surface area contributed by atoms with E-state index in [1.54, 1.807) is 0 Å². The molecule has 1 saturated carbocycles. The summed E-state index contributed by atoms with van der Waals surface area (Å²) in [4.78, 5) is -0.903. The van der Waals surface area contributed by atoms with Crippen LogP contribution in [-0.4, -0.2) is 22.9 Å². The first-order chi connectivity index (χ1) is 9.52. The van der Waals surface area contributed by atoms with Gasteiger partial charge in [-0.2, -0.15) is 8.42 Å². The zero-order valence-electron chi connectivity index (χ0n) is 11.8. The highest BCUT2D eigenvalue weighted by molar-refractivity contribution is 7.89. The van der Waals surface area contributed by atoms with Gasteiger partial charge in [-0.3, -0.25) is 0 Å². The first-order valence-corrected chi connectivity index (χ1v) is 9.46. The lowest BCUT2D eigenvalue weighted by Crippen LogP contribution is -2.41. The molecule has 1 aliphatic carbocycles. The van der Waals surface area contributed by atoms with Crippen LogP contribution in [-0.2, 0) is 20.2 Å². The predicted octanol–water partition coefficient (Wildman–Crippen LogP) is 2.20. The summed E-state index contributed by atoms with van der Waals surface area (Å²) in [5.74, 6) is 0. The second-order valence-electron chi connectivity index (χ2n) is 5.97. The lowest BCUT2D eigenvalue weighted by atomic mass is 9.88. The van der Waals surface area contributed by atoms with Crippen LogP contribution in [0.3, 0.4) is 0 Å². The van der Waals surface area contributed by atoms with Crippen molar-refractivity contribution < 1.29 is 20.7 Å². The lowest BCUT2D eigenvalue weighted by molar-refractivity contribution is 0.313. The van der Waals surface area contributed by atoms with E-state index in [1.165, 1.54) is 12.1 Å². The molecule has 5 nitrogen and oxygen atoms in total. The van der Waals surface area contributed by atoms with Gasteiger partial charge in [0.05, 0.1) is 9.79 Å². The van der Waals surface area contributed by atoms with E-state index in [0.717, 1.165) is 31.4 Å². The minimum atomic E-state index is -4.93. The van der Waals surface area contributed by atoms with Crippen molar-refractivity contribution in [2.75, 3.05) is 0 Å². The Balaban J connectivity index is 2.33. The fourth-order valence-corrected chi connectivity index (χ4v) is 4.66. The molecule has 0 saturated heterocycles. The maximum absolute atomic E-state index is 13.0. The summed E-state index contributed by atoms with van der Waals surface area (Å²) in [6.45, 7) is 3.96. The minimum Gasteiger partial charge on any atom is -0.208 e. The van der Waals surface area contributed by atoms with E-state index < -0.39 is 25.1 Å². The van der Waals surface area contributed by atoms with E-state index in [2.05, 4.69) is 4.72 Å². The van der Waals surface area contributed by atoms with Crippen molar-refractivity contribution in [2.45, 2.75) is 48.9 Å². The Labute approximate surface area is 124 Å². The van der Waals surface area contributed by atoms with Crippen molar-refractivity contribution in [1.82, 2.24) is 4.72 Å². The van der Waals surface area contributed by atoms with Crippen LogP contribution in [0.1, 0.15) is 33.1 Å². The molecule has 0 spiro atoms. The summed E-state index contributed by atoms with van der Waals surface area (Å²) >= 11 is 0. The Bertz CT molecular complexity index is 741. The van der Waals surface area contributed by atoms with Crippen LogP contribution >= 0.6 is 0 Å². The molecule has 1 atom stereocenters. The van der Waals surface area contributed by atoms with Gasteiger partial charge in [-0.1, -0.05) is 26.3 Å². The summed E-state index contributed by atoms with van der Waals surface area (Å²) < 4.78 is 62.0. The van der Waals surface area contributed by atoms with E-state index in [0.29, 0.717) is 0 Å². The summed E-state index contributed by atoms with van der Waals surface area (Å²) in [6.07, 6.45) is 2.57. The maximum atomic E-state index is 13.0. The van der Waals surface area contributed by atoms with Gasteiger partial charge in [0, 0.05) is 6.04 Å². The van der Waals surface area contributed by atoms with E-state index in [4.69, 9.17) is 0 Å². The van der Waals surface area contributed by atoms with Crippen LogP contribution < -0.4 is 4.72 Å². The highest BCUT2D eigenvalue weighted by Gasteiger charge is 2.37. The zero-order valence-corrected chi connectivity index (χ0v) is 13.5. The summed E-state index contributed by atoms with van der Waals surface area (Å²) in [5, 5.41) is 0. The number of sulfonamides is 1. The molecule has 0 aliphatic heterocycles. The van der Waals surface area contributed by atoms with Crippen LogP contribution in [0.5, 0.6) is 0 Å². The van der Waals surface area contributed by atoms with Crippen molar-refractivity contribution in [3.63, 3.8) is 0 Å². The van der Waals surface area contributed by atoms with Gasteiger partial charge in [-0.15, -0.1) is 3.89 Å². The average molecular weight is 335 g/mol. The molecule has 0 radical (unpaired) electrons. The number of nitrogens with one attached hydrogen (secondary N) is 1. The largest absolute Gasteiger partial charge is 0.332 e. The molecular formula is C13H18FNO4S2. The van der Waals surface area contributed by atoms with Gasteiger partial charge in [0.15, 0.2) is 0 Å². The molecule has 1 aromatic rings. The van der Waals surface area contributed by atoms with Crippen molar-refractivity contribution in [2.24, 2.45) is 5.41 Å². The summed E-state index contributed by atoms with van der Waals surface area (Å²) in [5.41, 5.74) is -0.156. The molecule has 0 bridgehead atoms. The second kappa shape index (κ2) is 5.33. The van der Waals surface area contributed by atoms with Gasteiger partial charge < -0.3 is 0 Å². The number of hydrogen-bond acceptors (Lipinski definition) is 4. The molecule has 0 amide bonds. The molecule has 1 fully saturated rings. The molecule has 21 heavy (non-hydrogen) atoms. The molecule has 2 rings (SSSR count). The predicted molar refractivity (Wildman–Crippen MR) is 76.5 cm³/mol. The van der Waals surface area contributed by atoms with E-state index >= 15 is 0 Å². The molecule has 118 valence electrons. The third kappa shape index (κ3) is 3.61. The lowest BCUT2D eigenvalue weighted by Gasteiger charge is -2.27. The summed E-state index contributed by atoms with van der Waals surface area (Å²) in [7, 11) is -8.81. The van der Waals surface area contributed by atoms with E-state index in [1.807, 2.05) is 13.8 Å². The smallest absolute Gasteiger partial charge is 0.208 e. The topological polar surface area (TPSA) is 80.3 Å². The molecule has 8 heteroatoms. The molecule has 1 unspecified atom stereocenters. The Morgan fingerprint density at radius 3 is 2.33 bits per heavy atom. The Morgan fingerprint density at radius 2 is 1.81 bits per heavy atom. The van der Waals surface area contributed by atoms with Gasteiger partial charge in [-0.05, 0) is 36.5 Å². The zero-order chi connectivity index (χ0) is 15.9. The van der Waals surface area contributed by atoms with Crippen LogP contribution in [0.25, 0.3) is 0 Å². The fourth-order valence-electron chi connectivity index (χ4n) is 2.59. The Morgan fingerprint density at radius 1 is 1.19 bits per heavy atom. The second-order valence-corrected chi connectivity index (χ2v) is 9.03. The molecule has 0 heterocycles. The highest BCUT2D eigenvalue weighted by atomic mass is 32.3. The SMILES string of the molecule is CC1(C)CCCC1NS(=O)(=O)c1cccc(S(=O)(=O)F)c1. The van der Waals surface area contributed by atoms with Crippen molar-refractivity contribution in [3.05, 3.63) is 24.3 Å². The first-order valence-electron chi connectivity index (χ1n) is 6.59. The third-order valence-electron chi connectivity index (χ3n) is 3.95. The van der Waals surface area contributed by atoms with Gasteiger partial charge >= 0.3 is 10.2 Å². The van der Waals surface area contributed by atoms with Crippen LogP contribution in [0.15, 0.2) is 34.1 Å².